The highest BCUT2D eigenvalue weighted by atomic mass is 16.6. The zero-order chi connectivity index (χ0) is 13.3. The van der Waals surface area contributed by atoms with E-state index in [0.29, 0.717) is 19.8 Å². The van der Waals surface area contributed by atoms with Crippen LogP contribution in [0.5, 0.6) is 11.5 Å². The minimum atomic E-state index is -0.518. The van der Waals surface area contributed by atoms with Gasteiger partial charge in [-0.3, -0.25) is 0 Å². The first-order valence-electron chi connectivity index (χ1n) is 7.03. The van der Waals surface area contributed by atoms with Crippen molar-refractivity contribution in [3.8, 4) is 11.5 Å². The molecule has 1 aliphatic carbocycles. The average Bonchev–Trinajstić information content (AvgIpc) is 2.96. The average molecular weight is 263 g/mol. The zero-order valence-electron chi connectivity index (χ0n) is 11.1. The van der Waals surface area contributed by atoms with Gasteiger partial charge in [-0.1, -0.05) is 18.9 Å². The molecule has 1 unspecified atom stereocenters. The third kappa shape index (κ3) is 2.19. The van der Waals surface area contributed by atoms with Crippen molar-refractivity contribution in [1.29, 1.82) is 0 Å². The van der Waals surface area contributed by atoms with Crippen molar-refractivity contribution in [2.75, 3.05) is 19.8 Å². The molecule has 1 aromatic carbocycles. The summed E-state index contributed by atoms with van der Waals surface area (Å²) in [5, 5.41) is 10.7. The Morgan fingerprint density at radius 2 is 1.84 bits per heavy atom. The van der Waals surface area contributed by atoms with Crippen molar-refractivity contribution in [3.05, 3.63) is 23.8 Å². The molecule has 0 aromatic heterocycles. The second kappa shape index (κ2) is 5.02. The molecule has 1 saturated carbocycles. The summed E-state index contributed by atoms with van der Waals surface area (Å²) in [6.07, 6.45) is 3.78. The van der Waals surface area contributed by atoms with Gasteiger partial charge < -0.3 is 20.3 Å². The van der Waals surface area contributed by atoms with Crippen LogP contribution in [0.4, 0.5) is 0 Å². The van der Waals surface area contributed by atoms with Gasteiger partial charge in [0.2, 0.25) is 0 Å². The summed E-state index contributed by atoms with van der Waals surface area (Å²) in [5.74, 6) is 1.49. The molecule has 0 bridgehead atoms. The smallest absolute Gasteiger partial charge is 0.161 e. The molecular weight excluding hydrogens is 242 g/mol. The Bertz CT molecular complexity index is 455. The molecule has 19 heavy (non-hydrogen) atoms. The van der Waals surface area contributed by atoms with Crippen molar-refractivity contribution >= 4 is 0 Å². The number of fused-ring (bicyclic) bond motifs is 1. The molecule has 1 atom stereocenters. The summed E-state index contributed by atoms with van der Waals surface area (Å²) in [5.41, 5.74) is 6.65. The summed E-state index contributed by atoms with van der Waals surface area (Å²) >= 11 is 0. The molecule has 0 saturated heterocycles. The lowest BCUT2D eigenvalue weighted by atomic mass is 9.77. The molecule has 1 aromatic rings. The highest BCUT2D eigenvalue weighted by molar-refractivity contribution is 5.44. The highest BCUT2D eigenvalue weighted by Gasteiger charge is 2.40. The lowest BCUT2D eigenvalue weighted by Gasteiger charge is -2.33. The van der Waals surface area contributed by atoms with Gasteiger partial charge in [0, 0.05) is 12.0 Å². The van der Waals surface area contributed by atoms with Gasteiger partial charge in [0.25, 0.3) is 0 Å². The molecule has 2 aliphatic rings. The molecule has 3 N–H and O–H groups in total. The van der Waals surface area contributed by atoms with Gasteiger partial charge in [-0.05, 0) is 30.5 Å². The highest BCUT2D eigenvalue weighted by Crippen LogP contribution is 2.48. The second-order valence-electron chi connectivity index (χ2n) is 5.58. The van der Waals surface area contributed by atoms with Crippen LogP contribution in [0.3, 0.4) is 0 Å². The topological polar surface area (TPSA) is 64.7 Å². The molecule has 0 amide bonds. The first kappa shape index (κ1) is 12.8. The minimum absolute atomic E-state index is 0.163. The van der Waals surface area contributed by atoms with Crippen LogP contribution in [0.25, 0.3) is 0 Å². The SMILES string of the molecule is NCC1(C(O)c2ccc3c(c2)OCCO3)CCCC1. The fourth-order valence-corrected chi connectivity index (χ4v) is 3.25. The fraction of sp³-hybridized carbons (Fsp3) is 0.600. The van der Waals surface area contributed by atoms with Crippen molar-refractivity contribution in [2.24, 2.45) is 11.1 Å². The maximum absolute atomic E-state index is 10.7. The Balaban J connectivity index is 1.88. The van der Waals surface area contributed by atoms with E-state index in [1.165, 1.54) is 0 Å². The summed E-state index contributed by atoms with van der Waals surface area (Å²) in [6, 6.07) is 5.70. The first-order chi connectivity index (χ1) is 9.25. The van der Waals surface area contributed by atoms with Gasteiger partial charge in [-0.15, -0.1) is 0 Å². The fourth-order valence-electron chi connectivity index (χ4n) is 3.25. The third-order valence-electron chi connectivity index (χ3n) is 4.47. The zero-order valence-corrected chi connectivity index (χ0v) is 11.1. The Morgan fingerprint density at radius 1 is 1.16 bits per heavy atom. The first-order valence-corrected chi connectivity index (χ1v) is 7.03. The van der Waals surface area contributed by atoms with Gasteiger partial charge in [0.05, 0.1) is 6.10 Å². The quantitative estimate of drug-likeness (QED) is 0.875. The van der Waals surface area contributed by atoms with Crippen LogP contribution >= 0.6 is 0 Å². The lowest BCUT2D eigenvalue weighted by molar-refractivity contribution is 0.0329. The number of ether oxygens (including phenoxy) is 2. The normalized spacial score (nSPS) is 22.2. The number of nitrogens with two attached hydrogens (primary N) is 1. The largest absolute Gasteiger partial charge is 0.486 e. The monoisotopic (exact) mass is 263 g/mol. The summed E-state index contributed by atoms with van der Waals surface area (Å²) < 4.78 is 11.1. The number of hydrogen-bond donors (Lipinski definition) is 2. The van der Waals surface area contributed by atoms with Crippen LogP contribution in [0.2, 0.25) is 0 Å². The van der Waals surface area contributed by atoms with Crippen LogP contribution < -0.4 is 15.2 Å². The van der Waals surface area contributed by atoms with Gasteiger partial charge in [-0.2, -0.15) is 0 Å². The molecule has 4 nitrogen and oxygen atoms in total. The third-order valence-corrected chi connectivity index (χ3v) is 4.47. The van der Waals surface area contributed by atoms with Crippen molar-refractivity contribution < 1.29 is 14.6 Å². The van der Waals surface area contributed by atoms with E-state index in [1.807, 2.05) is 18.2 Å². The van der Waals surface area contributed by atoms with E-state index in [0.717, 1.165) is 42.7 Å². The molecule has 1 fully saturated rings. The van der Waals surface area contributed by atoms with E-state index in [-0.39, 0.29) is 5.41 Å². The Morgan fingerprint density at radius 3 is 2.53 bits per heavy atom. The number of aliphatic hydroxyl groups is 1. The van der Waals surface area contributed by atoms with Gasteiger partial charge >= 0.3 is 0 Å². The van der Waals surface area contributed by atoms with Crippen LogP contribution in [0.1, 0.15) is 37.4 Å². The number of rotatable bonds is 3. The van der Waals surface area contributed by atoms with Crippen LogP contribution in [0, 0.1) is 5.41 Å². The summed E-state index contributed by atoms with van der Waals surface area (Å²) in [6.45, 7) is 1.68. The maximum Gasteiger partial charge on any atom is 0.161 e. The van der Waals surface area contributed by atoms with Crippen LogP contribution in [-0.2, 0) is 0 Å². The van der Waals surface area contributed by atoms with E-state index in [2.05, 4.69) is 0 Å². The van der Waals surface area contributed by atoms with Gasteiger partial charge in [0.15, 0.2) is 11.5 Å². The van der Waals surface area contributed by atoms with Crippen molar-refractivity contribution in [3.63, 3.8) is 0 Å². The Labute approximate surface area is 113 Å². The van der Waals surface area contributed by atoms with E-state index in [1.54, 1.807) is 0 Å². The molecule has 1 heterocycles. The molecule has 3 rings (SSSR count). The number of aliphatic hydroxyl groups excluding tert-OH is 1. The summed E-state index contributed by atoms with van der Waals surface area (Å²) in [4.78, 5) is 0. The molecular formula is C15H21NO3. The Hall–Kier alpha value is -1.26. The van der Waals surface area contributed by atoms with E-state index in [9.17, 15) is 5.11 Å². The van der Waals surface area contributed by atoms with Crippen molar-refractivity contribution in [2.45, 2.75) is 31.8 Å². The van der Waals surface area contributed by atoms with Gasteiger partial charge in [0.1, 0.15) is 13.2 Å². The van der Waals surface area contributed by atoms with Crippen molar-refractivity contribution in [1.82, 2.24) is 0 Å². The van der Waals surface area contributed by atoms with Gasteiger partial charge in [-0.25, -0.2) is 0 Å². The molecule has 104 valence electrons. The minimum Gasteiger partial charge on any atom is -0.486 e. The maximum atomic E-state index is 10.7. The van der Waals surface area contributed by atoms with E-state index in [4.69, 9.17) is 15.2 Å². The second-order valence-corrected chi connectivity index (χ2v) is 5.58. The number of benzene rings is 1. The lowest BCUT2D eigenvalue weighted by Crippen LogP contribution is -2.34. The molecule has 4 heteroatoms. The molecule has 0 radical (unpaired) electrons. The van der Waals surface area contributed by atoms with Crippen LogP contribution in [0.15, 0.2) is 18.2 Å². The molecule has 0 spiro atoms. The van der Waals surface area contributed by atoms with E-state index < -0.39 is 6.10 Å². The predicted octanol–water partition coefficient (Wildman–Crippen LogP) is 2.01. The van der Waals surface area contributed by atoms with E-state index >= 15 is 0 Å². The van der Waals surface area contributed by atoms with Crippen LogP contribution in [-0.4, -0.2) is 24.9 Å². The summed E-state index contributed by atoms with van der Waals surface area (Å²) in [7, 11) is 0. The predicted molar refractivity (Wildman–Crippen MR) is 72.3 cm³/mol. The molecule has 1 aliphatic heterocycles. The number of hydrogen-bond acceptors (Lipinski definition) is 4. The standard InChI is InChI=1S/C15H21NO3/c16-10-15(5-1-2-6-15)14(17)11-3-4-12-13(9-11)19-8-7-18-12/h3-4,9,14,17H,1-2,5-8,10,16H2. The Kier molecular flexibility index (Phi) is 3.37.